The van der Waals surface area contributed by atoms with E-state index in [1.807, 2.05) is 6.92 Å². The highest BCUT2D eigenvalue weighted by atomic mass is 35.5. The standard InChI is InChI=1S/C25H25ClO8/c1-3-31-23-13-20(33-8-7-32-15-9-14(10-15)25(28)29)17(11-22(23)30-2)21-12-19(27)16-5-4-6-18(26)24(16)34-21/h4-6,11-15H,3,7-10H2,1-2H3,(H,28,29). The van der Waals surface area contributed by atoms with Crippen molar-refractivity contribution in [2.75, 3.05) is 26.9 Å². The Bertz CT molecular complexity index is 1250. The van der Waals surface area contributed by atoms with Crippen molar-refractivity contribution in [3.05, 3.63) is 51.6 Å². The van der Waals surface area contributed by atoms with Crippen molar-refractivity contribution in [1.82, 2.24) is 0 Å². The van der Waals surface area contributed by atoms with Gasteiger partial charge in [0.25, 0.3) is 0 Å². The molecule has 0 amide bonds. The third-order valence-corrected chi connectivity index (χ3v) is 5.97. The second kappa shape index (κ2) is 10.4. The average Bonchev–Trinajstić information content (AvgIpc) is 2.78. The maximum atomic E-state index is 12.7. The number of hydrogen-bond donors (Lipinski definition) is 1. The predicted molar refractivity (Wildman–Crippen MR) is 126 cm³/mol. The van der Waals surface area contributed by atoms with Crippen LogP contribution in [0.3, 0.4) is 0 Å². The van der Waals surface area contributed by atoms with E-state index >= 15 is 0 Å². The lowest BCUT2D eigenvalue weighted by Gasteiger charge is -2.32. The van der Waals surface area contributed by atoms with E-state index in [9.17, 15) is 9.59 Å². The van der Waals surface area contributed by atoms with E-state index in [1.165, 1.54) is 13.2 Å². The number of ether oxygens (including phenoxy) is 4. The smallest absolute Gasteiger partial charge is 0.306 e. The number of rotatable bonds is 10. The largest absolute Gasteiger partial charge is 0.493 e. The Morgan fingerprint density at radius 2 is 1.91 bits per heavy atom. The molecule has 0 aliphatic heterocycles. The molecule has 4 rings (SSSR count). The van der Waals surface area contributed by atoms with Gasteiger partial charge < -0.3 is 28.5 Å². The number of carbonyl (C=O) groups is 1. The number of aliphatic carboxylic acids is 1. The fraction of sp³-hybridized carbons (Fsp3) is 0.360. The predicted octanol–water partition coefficient (Wildman–Crippen LogP) is 4.78. The van der Waals surface area contributed by atoms with Crippen molar-refractivity contribution in [3.63, 3.8) is 0 Å². The van der Waals surface area contributed by atoms with E-state index in [0.29, 0.717) is 52.7 Å². The van der Waals surface area contributed by atoms with Crippen molar-refractivity contribution in [2.24, 2.45) is 5.92 Å². The zero-order chi connectivity index (χ0) is 24.2. The van der Waals surface area contributed by atoms with Gasteiger partial charge in [-0.25, -0.2) is 0 Å². The highest BCUT2D eigenvalue weighted by Crippen LogP contribution is 2.41. The number of halogens is 1. The topological polar surface area (TPSA) is 104 Å². The van der Waals surface area contributed by atoms with Crippen molar-refractivity contribution in [1.29, 1.82) is 0 Å². The lowest BCUT2D eigenvalue weighted by Crippen LogP contribution is -2.37. The van der Waals surface area contributed by atoms with Crippen LogP contribution in [0.4, 0.5) is 0 Å². The molecule has 2 aromatic carbocycles. The van der Waals surface area contributed by atoms with Gasteiger partial charge in [0.05, 0.1) is 48.3 Å². The minimum atomic E-state index is -0.792. The normalized spacial score (nSPS) is 17.3. The molecule has 1 N–H and O–H groups in total. The molecular formula is C25H25ClO8. The SMILES string of the molecule is CCOc1cc(OCCOC2CC(C(=O)O)C2)c(-c2cc(=O)c3cccc(Cl)c3o2)cc1OC. The first-order chi connectivity index (χ1) is 16.4. The number of carboxylic acid groups (broad SMARTS) is 1. The van der Waals surface area contributed by atoms with E-state index in [2.05, 4.69) is 0 Å². The summed E-state index contributed by atoms with van der Waals surface area (Å²) in [6.07, 6.45) is 0.918. The van der Waals surface area contributed by atoms with Crippen LogP contribution in [0.25, 0.3) is 22.3 Å². The van der Waals surface area contributed by atoms with Crippen LogP contribution in [-0.2, 0) is 9.53 Å². The summed E-state index contributed by atoms with van der Waals surface area (Å²) in [7, 11) is 1.52. The summed E-state index contributed by atoms with van der Waals surface area (Å²) in [5, 5.41) is 9.69. The van der Waals surface area contributed by atoms with Gasteiger partial charge in [0.15, 0.2) is 22.5 Å². The molecule has 1 aliphatic rings. The lowest BCUT2D eigenvalue weighted by molar-refractivity contribution is -0.151. The minimum absolute atomic E-state index is 0.0836. The number of para-hydroxylation sites is 1. The van der Waals surface area contributed by atoms with Gasteiger partial charge >= 0.3 is 5.97 Å². The van der Waals surface area contributed by atoms with Gasteiger partial charge in [0.1, 0.15) is 18.1 Å². The molecule has 1 fully saturated rings. The van der Waals surface area contributed by atoms with Crippen LogP contribution in [0.2, 0.25) is 5.02 Å². The molecule has 0 saturated heterocycles. The van der Waals surface area contributed by atoms with Gasteiger partial charge in [-0.2, -0.15) is 0 Å². The Hall–Kier alpha value is -3.23. The first-order valence-corrected chi connectivity index (χ1v) is 11.3. The summed E-state index contributed by atoms with van der Waals surface area (Å²) in [5.74, 6) is 0.492. The quantitative estimate of drug-likeness (QED) is 0.406. The van der Waals surface area contributed by atoms with Gasteiger partial charge in [-0.3, -0.25) is 9.59 Å². The summed E-state index contributed by atoms with van der Waals surface area (Å²) in [4.78, 5) is 23.7. The fourth-order valence-electron chi connectivity index (χ4n) is 3.83. The maximum Gasteiger partial charge on any atom is 0.306 e. The zero-order valence-electron chi connectivity index (χ0n) is 18.8. The fourth-order valence-corrected chi connectivity index (χ4v) is 4.04. The first-order valence-electron chi connectivity index (χ1n) is 11.0. The van der Waals surface area contributed by atoms with Gasteiger partial charge in [-0.1, -0.05) is 17.7 Å². The summed E-state index contributed by atoms with van der Waals surface area (Å²) in [6.45, 7) is 2.76. The molecule has 0 radical (unpaired) electrons. The summed E-state index contributed by atoms with van der Waals surface area (Å²) >= 11 is 6.27. The van der Waals surface area contributed by atoms with Crippen LogP contribution in [0.5, 0.6) is 17.2 Å². The van der Waals surface area contributed by atoms with Crippen LogP contribution in [0.15, 0.2) is 45.6 Å². The third kappa shape index (κ3) is 4.98. The zero-order valence-corrected chi connectivity index (χ0v) is 19.6. The monoisotopic (exact) mass is 488 g/mol. The Morgan fingerprint density at radius 3 is 2.62 bits per heavy atom. The number of carboxylic acids is 1. The molecule has 34 heavy (non-hydrogen) atoms. The highest BCUT2D eigenvalue weighted by Gasteiger charge is 2.35. The summed E-state index contributed by atoms with van der Waals surface area (Å²) in [5.41, 5.74) is 0.541. The molecule has 1 saturated carbocycles. The number of methoxy groups -OCH3 is 1. The van der Waals surface area contributed by atoms with Crippen LogP contribution < -0.4 is 19.6 Å². The van der Waals surface area contributed by atoms with E-state index in [1.54, 1.807) is 30.3 Å². The third-order valence-electron chi connectivity index (χ3n) is 5.68. The van der Waals surface area contributed by atoms with Gasteiger partial charge in [0.2, 0.25) is 0 Å². The van der Waals surface area contributed by atoms with Crippen molar-refractivity contribution >= 4 is 28.5 Å². The maximum absolute atomic E-state index is 12.7. The minimum Gasteiger partial charge on any atom is -0.493 e. The molecule has 8 nitrogen and oxygen atoms in total. The average molecular weight is 489 g/mol. The molecule has 9 heteroatoms. The summed E-state index contributed by atoms with van der Waals surface area (Å²) < 4.78 is 28.8. The Kier molecular flexibility index (Phi) is 7.29. The molecule has 0 atom stereocenters. The molecule has 0 unspecified atom stereocenters. The molecule has 0 spiro atoms. The molecule has 180 valence electrons. The van der Waals surface area contributed by atoms with E-state index < -0.39 is 5.97 Å². The molecule has 1 heterocycles. The lowest BCUT2D eigenvalue weighted by atomic mass is 9.82. The van der Waals surface area contributed by atoms with Crippen LogP contribution >= 0.6 is 11.6 Å². The number of fused-ring (bicyclic) bond motifs is 1. The van der Waals surface area contributed by atoms with Crippen LogP contribution in [0, 0.1) is 5.92 Å². The van der Waals surface area contributed by atoms with Crippen molar-refractivity contribution in [2.45, 2.75) is 25.9 Å². The van der Waals surface area contributed by atoms with Gasteiger partial charge in [-0.15, -0.1) is 0 Å². The number of benzene rings is 2. The molecule has 1 aliphatic carbocycles. The second-order valence-electron chi connectivity index (χ2n) is 7.87. The van der Waals surface area contributed by atoms with E-state index in [0.717, 1.165) is 0 Å². The Balaban J connectivity index is 1.61. The molecule has 1 aromatic heterocycles. The Labute approximate surface area is 200 Å². The highest BCUT2D eigenvalue weighted by molar-refractivity contribution is 6.34. The first kappa shape index (κ1) is 23.9. The van der Waals surface area contributed by atoms with Crippen molar-refractivity contribution < 1.29 is 33.3 Å². The molecular weight excluding hydrogens is 464 g/mol. The van der Waals surface area contributed by atoms with E-state index in [-0.39, 0.29) is 42.0 Å². The van der Waals surface area contributed by atoms with E-state index in [4.69, 9.17) is 40.1 Å². The number of hydrogen-bond acceptors (Lipinski definition) is 7. The van der Waals surface area contributed by atoms with Crippen LogP contribution in [-0.4, -0.2) is 44.1 Å². The summed E-state index contributed by atoms with van der Waals surface area (Å²) in [6, 6.07) is 9.75. The van der Waals surface area contributed by atoms with Gasteiger partial charge in [-0.05, 0) is 38.0 Å². The molecule has 0 bridgehead atoms. The molecule has 3 aromatic rings. The van der Waals surface area contributed by atoms with Crippen molar-refractivity contribution in [3.8, 4) is 28.6 Å². The Morgan fingerprint density at radius 1 is 1.12 bits per heavy atom. The van der Waals surface area contributed by atoms with Crippen LogP contribution in [0.1, 0.15) is 19.8 Å². The second-order valence-corrected chi connectivity index (χ2v) is 8.28. The van der Waals surface area contributed by atoms with Gasteiger partial charge in [0, 0.05) is 12.1 Å².